The average Bonchev–Trinajstić information content (AvgIpc) is 2.94. The van der Waals surface area contributed by atoms with Crippen LogP contribution in [0.5, 0.6) is 0 Å². The molecular formula is C12H21N3O4S. The Morgan fingerprint density at radius 3 is 3.10 bits per heavy atom. The molecule has 0 aromatic carbocycles. The Morgan fingerprint density at radius 1 is 1.60 bits per heavy atom. The van der Waals surface area contributed by atoms with Crippen molar-refractivity contribution in [2.75, 3.05) is 19.7 Å². The molecule has 0 aliphatic carbocycles. The summed E-state index contributed by atoms with van der Waals surface area (Å²) in [6, 6.07) is 0. The van der Waals surface area contributed by atoms with Gasteiger partial charge < -0.3 is 9.84 Å². The quantitative estimate of drug-likeness (QED) is 0.797. The van der Waals surface area contributed by atoms with Crippen LogP contribution < -0.4 is 0 Å². The van der Waals surface area contributed by atoms with E-state index in [1.54, 1.807) is 0 Å². The molecule has 8 heteroatoms. The van der Waals surface area contributed by atoms with Crippen molar-refractivity contribution in [1.29, 1.82) is 0 Å². The zero-order valence-corrected chi connectivity index (χ0v) is 12.4. The van der Waals surface area contributed by atoms with Crippen molar-refractivity contribution in [3.63, 3.8) is 0 Å². The number of hydrogen-bond acceptors (Lipinski definition) is 5. The van der Waals surface area contributed by atoms with Crippen LogP contribution >= 0.6 is 0 Å². The highest BCUT2D eigenvalue weighted by Crippen LogP contribution is 2.23. The van der Waals surface area contributed by atoms with Gasteiger partial charge in [-0.3, -0.25) is 5.10 Å². The lowest BCUT2D eigenvalue weighted by Gasteiger charge is -2.31. The Morgan fingerprint density at radius 2 is 2.40 bits per heavy atom. The van der Waals surface area contributed by atoms with Gasteiger partial charge in [0.15, 0.2) is 5.03 Å². The summed E-state index contributed by atoms with van der Waals surface area (Å²) in [7, 11) is -3.64. The number of aromatic amines is 1. The standard InChI is InChI=1S/C12H21N3O4S/c1-2-6-19-11-4-3-5-15(8-11)20(17,18)12-10(9-16)7-13-14-12/h7,11,16H,2-6,8-9H2,1H3,(H,13,14). The van der Waals surface area contributed by atoms with E-state index in [4.69, 9.17) is 9.84 Å². The minimum Gasteiger partial charge on any atom is -0.392 e. The molecule has 1 fully saturated rings. The minimum atomic E-state index is -3.64. The molecule has 1 unspecified atom stereocenters. The molecular weight excluding hydrogens is 282 g/mol. The highest BCUT2D eigenvalue weighted by Gasteiger charge is 2.33. The number of H-pyrrole nitrogens is 1. The van der Waals surface area contributed by atoms with Gasteiger partial charge in [-0.05, 0) is 19.3 Å². The van der Waals surface area contributed by atoms with E-state index >= 15 is 0 Å². The number of ether oxygens (including phenoxy) is 1. The summed E-state index contributed by atoms with van der Waals surface area (Å²) in [5.74, 6) is 0. The van der Waals surface area contributed by atoms with E-state index in [1.165, 1.54) is 10.5 Å². The van der Waals surface area contributed by atoms with E-state index in [0.717, 1.165) is 19.3 Å². The molecule has 0 bridgehead atoms. The SMILES string of the molecule is CCCOC1CCCN(S(=O)(=O)c2[nH]ncc2CO)C1. The number of hydrogen-bond donors (Lipinski definition) is 2. The van der Waals surface area contributed by atoms with Crippen molar-refractivity contribution in [1.82, 2.24) is 14.5 Å². The van der Waals surface area contributed by atoms with Gasteiger partial charge in [-0.2, -0.15) is 9.40 Å². The molecule has 2 rings (SSSR count). The highest BCUT2D eigenvalue weighted by molar-refractivity contribution is 7.89. The monoisotopic (exact) mass is 303 g/mol. The number of sulfonamides is 1. The first-order chi connectivity index (χ1) is 9.59. The number of piperidine rings is 1. The van der Waals surface area contributed by atoms with Gasteiger partial charge >= 0.3 is 0 Å². The van der Waals surface area contributed by atoms with Crippen molar-refractivity contribution in [2.45, 2.75) is 43.9 Å². The van der Waals surface area contributed by atoms with Crippen LogP contribution in [0.2, 0.25) is 0 Å². The summed E-state index contributed by atoms with van der Waals surface area (Å²) in [5, 5.41) is 15.3. The van der Waals surface area contributed by atoms with Gasteiger partial charge in [0, 0.05) is 25.3 Å². The molecule has 1 atom stereocenters. The number of aromatic nitrogens is 2. The van der Waals surface area contributed by atoms with Crippen molar-refractivity contribution < 1.29 is 18.3 Å². The lowest BCUT2D eigenvalue weighted by Crippen LogP contribution is -2.43. The zero-order chi connectivity index (χ0) is 14.6. The molecule has 1 aliphatic heterocycles. The van der Waals surface area contributed by atoms with Gasteiger partial charge in [0.1, 0.15) is 0 Å². The van der Waals surface area contributed by atoms with E-state index in [-0.39, 0.29) is 17.7 Å². The Balaban J connectivity index is 2.13. The van der Waals surface area contributed by atoms with Crippen LogP contribution in [0.1, 0.15) is 31.7 Å². The molecule has 0 spiro atoms. The number of rotatable bonds is 6. The molecule has 20 heavy (non-hydrogen) atoms. The molecule has 2 N–H and O–H groups in total. The van der Waals surface area contributed by atoms with Crippen LogP contribution in [0.4, 0.5) is 0 Å². The lowest BCUT2D eigenvalue weighted by atomic mass is 10.1. The maximum Gasteiger partial charge on any atom is 0.260 e. The Labute approximate surface area is 119 Å². The Bertz CT molecular complexity index is 529. The predicted molar refractivity (Wildman–Crippen MR) is 72.5 cm³/mol. The average molecular weight is 303 g/mol. The maximum absolute atomic E-state index is 12.5. The highest BCUT2D eigenvalue weighted by atomic mass is 32.2. The summed E-state index contributed by atoms with van der Waals surface area (Å²) in [6.07, 6.45) is 3.84. The Hall–Kier alpha value is -0.960. The first-order valence-corrected chi connectivity index (χ1v) is 8.28. The number of aliphatic hydroxyl groups excluding tert-OH is 1. The van der Waals surface area contributed by atoms with Crippen molar-refractivity contribution >= 4 is 10.0 Å². The second-order valence-electron chi connectivity index (χ2n) is 4.88. The van der Waals surface area contributed by atoms with Crippen LogP contribution in [-0.2, 0) is 21.4 Å². The molecule has 1 aliphatic rings. The van der Waals surface area contributed by atoms with Crippen molar-refractivity contribution in [3.05, 3.63) is 11.8 Å². The van der Waals surface area contributed by atoms with Crippen molar-refractivity contribution in [3.8, 4) is 0 Å². The van der Waals surface area contributed by atoms with Crippen LogP contribution in [-0.4, -0.2) is 53.8 Å². The molecule has 0 radical (unpaired) electrons. The number of aliphatic hydroxyl groups is 1. The van der Waals surface area contributed by atoms with Gasteiger partial charge in [-0.15, -0.1) is 0 Å². The van der Waals surface area contributed by atoms with Crippen LogP contribution in [0.3, 0.4) is 0 Å². The van der Waals surface area contributed by atoms with E-state index < -0.39 is 10.0 Å². The smallest absolute Gasteiger partial charge is 0.260 e. The summed E-state index contributed by atoms with van der Waals surface area (Å²) in [6.45, 7) is 3.14. The summed E-state index contributed by atoms with van der Waals surface area (Å²) in [4.78, 5) is 0. The lowest BCUT2D eigenvalue weighted by molar-refractivity contribution is 0.0192. The van der Waals surface area contributed by atoms with Crippen molar-refractivity contribution in [2.24, 2.45) is 0 Å². The fraction of sp³-hybridized carbons (Fsp3) is 0.750. The molecule has 114 valence electrons. The van der Waals surface area contributed by atoms with E-state index in [2.05, 4.69) is 10.2 Å². The molecule has 1 aromatic rings. The molecule has 0 saturated carbocycles. The third kappa shape index (κ3) is 3.20. The second kappa shape index (κ2) is 6.66. The van der Waals surface area contributed by atoms with Gasteiger partial charge in [-0.1, -0.05) is 6.92 Å². The molecule has 1 aromatic heterocycles. The topological polar surface area (TPSA) is 95.5 Å². The first kappa shape index (κ1) is 15.4. The van der Waals surface area contributed by atoms with Crippen LogP contribution in [0, 0.1) is 0 Å². The van der Waals surface area contributed by atoms with Gasteiger partial charge in [-0.25, -0.2) is 8.42 Å². The van der Waals surface area contributed by atoms with Gasteiger partial charge in [0.05, 0.1) is 18.9 Å². The third-order valence-corrected chi connectivity index (χ3v) is 5.23. The van der Waals surface area contributed by atoms with Gasteiger partial charge in [0.25, 0.3) is 10.0 Å². The summed E-state index contributed by atoms with van der Waals surface area (Å²) in [5.41, 5.74) is 0.293. The second-order valence-corrected chi connectivity index (χ2v) is 6.76. The molecule has 0 amide bonds. The maximum atomic E-state index is 12.5. The fourth-order valence-electron chi connectivity index (χ4n) is 2.31. The predicted octanol–water partition coefficient (Wildman–Crippen LogP) is 0.482. The minimum absolute atomic E-state index is 0.0175. The first-order valence-electron chi connectivity index (χ1n) is 6.84. The van der Waals surface area contributed by atoms with Crippen LogP contribution in [0.25, 0.3) is 0 Å². The number of nitrogens with one attached hydrogen (secondary N) is 1. The third-order valence-electron chi connectivity index (χ3n) is 3.34. The summed E-state index contributed by atoms with van der Waals surface area (Å²) >= 11 is 0. The van der Waals surface area contributed by atoms with E-state index in [1.807, 2.05) is 6.92 Å². The number of nitrogens with zero attached hydrogens (tertiary/aromatic N) is 2. The van der Waals surface area contributed by atoms with E-state index in [0.29, 0.717) is 25.3 Å². The van der Waals surface area contributed by atoms with E-state index in [9.17, 15) is 8.42 Å². The van der Waals surface area contributed by atoms with Gasteiger partial charge in [0.2, 0.25) is 0 Å². The molecule has 2 heterocycles. The zero-order valence-electron chi connectivity index (χ0n) is 11.6. The largest absolute Gasteiger partial charge is 0.392 e. The molecule has 7 nitrogen and oxygen atoms in total. The molecule has 1 saturated heterocycles. The Kier molecular flexibility index (Phi) is 5.14. The summed E-state index contributed by atoms with van der Waals surface area (Å²) < 4.78 is 32.1. The van der Waals surface area contributed by atoms with Crippen LogP contribution in [0.15, 0.2) is 11.2 Å². The normalized spacial score (nSPS) is 21.2. The fourth-order valence-corrected chi connectivity index (χ4v) is 3.92.